The molecule has 0 radical (unpaired) electrons. The van der Waals surface area contributed by atoms with Crippen LogP contribution in [0.3, 0.4) is 0 Å². The number of nitrogens with zero attached hydrogens (tertiary/aromatic N) is 1. The van der Waals surface area contributed by atoms with Crippen LogP contribution in [0.1, 0.15) is 15.9 Å². The van der Waals surface area contributed by atoms with Gasteiger partial charge in [-0.1, -0.05) is 29.8 Å². The number of carbonyl (C=O) groups is 1. The van der Waals surface area contributed by atoms with Crippen molar-refractivity contribution in [1.29, 1.82) is 0 Å². The van der Waals surface area contributed by atoms with E-state index in [1.165, 1.54) is 0 Å². The van der Waals surface area contributed by atoms with Gasteiger partial charge in [-0.05, 0) is 30.3 Å². The van der Waals surface area contributed by atoms with E-state index in [-0.39, 0.29) is 5.78 Å². The molecule has 0 amide bonds. The first-order valence-electron chi connectivity index (χ1n) is 6.09. The second-order valence-electron chi connectivity index (χ2n) is 4.48. The molecule has 0 saturated carbocycles. The Morgan fingerprint density at radius 2 is 1.80 bits per heavy atom. The highest BCUT2D eigenvalue weighted by Gasteiger charge is 2.11. The Kier molecular flexibility index (Phi) is 3.12. The maximum absolute atomic E-state index is 12.4. The van der Waals surface area contributed by atoms with Crippen LogP contribution in [0.2, 0.25) is 5.02 Å². The molecule has 0 aliphatic rings. The lowest BCUT2D eigenvalue weighted by Gasteiger charge is -2.05. The number of aromatic nitrogens is 1. The minimum absolute atomic E-state index is 0.0964. The third kappa shape index (κ3) is 2.24. The van der Waals surface area contributed by atoms with E-state index in [1.807, 2.05) is 18.2 Å². The number of anilines is 1. The lowest BCUT2D eigenvalue weighted by molar-refractivity contribution is 0.103. The van der Waals surface area contributed by atoms with Crippen molar-refractivity contribution >= 4 is 34.0 Å². The van der Waals surface area contributed by atoms with Crippen LogP contribution in [-0.2, 0) is 0 Å². The SMILES string of the molecule is Nc1cc(C(=O)c2ccc3cccnc3c2)ccc1Cl. The number of ketones is 1. The number of hydrogen-bond donors (Lipinski definition) is 1. The second-order valence-corrected chi connectivity index (χ2v) is 4.88. The Morgan fingerprint density at radius 3 is 2.60 bits per heavy atom. The molecule has 0 bridgehead atoms. The summed E-state index contributed by atoms with van der Waals surface area (Å²) in [6.07, 6.45) is 1.71. The number of hydrogen-bond acceptors (Lipinski definition) is 3. The van der Waals surface area contributed by atoms with E-state index < -0.39 is 0 Å². The summed E-state index contributed by atoms with van der Waals surface area (Å²) in [6, 6.07) is 14.2. The van der Waals surface area contributed by atoms with Crippen molar-refractivity contribution in [1.82, 2.24) is 4.98 Å². The van der Waals surface area contributed by atoms with Crippen LogP contribution in [0.15, 0.2) is 54.7 Å². The predicted octanol–water partition coefficient (Wildman–Crippen LogP) is 3.70. The zero-order valence-corrected chi connectivity index (χ0v) is 11.3. The van der Waals surface area contributed by atoms with Gasteiger partial charge in [0, 0.05) is 22.7 Å². The highest BCUT2D eigenvalue weighted by molar-refractivity contribution is 6.33. The van der Waals surface area contributed by atoms with Gasteiger partial charge >= 0.3 is 0 Å². The molecule has 1 aromatic heterocycles. The molecule has 3 aromatic rings. The fraction of sp³-hybridized carbons (Fsp3) is 0. The fourth-order valence-corrected chi connectivity index (χ4v) is 2.18. The largest absolute Gasteiger partial charge is 0.398 e. The molecule has 0 unspecified atom stereocenters. The molecular formula is C16H11ClN2O. The molecule has 0 spiro atoms. The van der Waals surface area contributed by atoms with Crippen molar-refractivity contribution in [2.24, 2.45) is 0 Å². The fourth-order valence-electron chi connectivity index (χ4n) is 2.06. The first kappa shape index (κ1) is 12.6. The molecule has 3 nitrogen and oxygen atoms in total. The summed E-state index contributed by atoms with van der Waals surface area (Å²) in [7, 11) is 0. The molecule has 98 valence electrons. The number of rotatable bonds is 2. The summed E-state index contributed by atoms with van der Waals surface area (Å²) in [5.41, 5.74) is 8.02. The first-order valence-corrected chi connectivity index (χ1v) is 6.47. The summed E-state index contributed by atoms with van der Waals surface area (Å²) in [6.45, 7) is 0. The van der Waals surface area contributed by atoms with Crippen molar-refractivity contribution in [3.8, 4) is 0 Å². The van der Waals surface area contributed by atoms with Gasteiger partial charge in [-0.15, -0.1) is 0 Å². The summed E-state index contributed by atoms with van der Waals surface area (Å²) >= 11 is 5.86. The zero-order chi connectivity index (χ0) is 14.1. The molecule has 4 heteroatoms. The molecule has 0 aliphatic heterocycles. The number of pyridine rings is 1. The van der Waals surface area contributed by atoms with E-state index in [0.29, 0.717) is 21.8 Å². The summed E-state index contributed by atoms with van der Waals surface area (Å²) in [5, 5.41) is 1.45. The van der Waals surface area contributed by atoms with Crippen molar-refractivity contribution in [3.63, 3.8) is 0 Å². The van der Waals surface area contributed by atoms with E-state index in [2.05, 4.69) is 4.98 Å². The van der Waals surface area contributed by atoms with Gasteiger partial charge < -0.3 is 5.73 Å². The van der Waals surface area contributed by atoms with Gasteiger partial charge in [-0.25, -0.2) is 0 Å². The quantitative estimate of drug-likeness (QED) is 0.576. The normalized spacial score (nSPS) is 10.7. The number of fused-ring (bicyclic) bond motifs is 1. The average Bonchev–Trinajstić information content (AvgIpc) is 2.49. The molecule has 20 heavy (non-hydrogen) atoms. The van der Waals surface area contributed by atoms with Gasteiger partial charge in [-0.2, -0.15) is 0 Å². The Hall–Kier alpha value is -2.39. The topological polar surface area (TPSA) is 56.0 Å². The molecule has 3 rings (SSSR count). The predicted molar refractivity (Wildman–Crippen MR) is 81.0 cm³/mol. The highest BCUT2D eigenvalue weighted by Crippen LogP contribution is 2.22. The molecule has 0 saturated heterocycles. The minimum atomic E-state index is -0.0964. The number of nitrogen functional groups attached to an aromatic ring is 1. The van der Waals surface area contributed by atoms with E-state index in [0.717, 1.165) is 10.9 Å². The second kappa shape index (κ2) is 4.94. The molecule has 0 fully saturated rings. The van der Waals surface area contributed by atoms with Gasteiger partial charge in [0.1, 0.15) is 0 Å². The van der Waals surface area contributed by atoms with Gasteiger partial charge in [0.05, 0.1) is 16.2 Å². The first-order chi connectivity index (χ1) is 9.65. The number of halogens is 1. The van der Waals surface area contributed by atoms with Crippen molar-refractivity contribution in [2.45, 2.75) is 0 Å². The summed E-state index contributed by atoms with van der Waals surface area (Å²) in [5.74, 6) is -0.0964. The molecule has 0 aliphatic carbocycles. The van der Waals surface area contributed by atoms with Crippen LogP contribution in [0.5, 0.6) is 0 Å². The third-order valence-corrected chi connectivity index (χ3v) is 3.47. The molecule has 2 N–H and O–H groups in total. The lowest BCUT2D eigenvalue weighted by atomic mass is 10.0. The maximum Gasteiger partial charge on any atom is 0.193 e. The van der Waals surface area contributed by atoms with Gasteiger partial charge in [0.25, 0.3) is 0 Å². The van der Waals surface area contributed by atoms with Gasteiger partial charge in [0.15, 0.2) is 5.78 Å². The van der Waals surface area contributed by atoms with Crippen molar-refractivity contribution in [3.05, 3.63) is 70.9 Å². The molecular weight excluding hydrogens is 272 g/mol. The van der Waals surface area contributed by atoms with Gasteiger partial charge in [0.2, 0.25) is 0 Å². The zero-order valence-electron chi connectivity index (χ0n) is 10.5. The minimum Gasteiger partial charge on any atom is -0.398 e. The summed E-state index contributed by atoms with van der Waals surface area (Å²) < 4.78 is 0. The maximum atomic E-state index is 12.4. The molecule has 1 heterocycles. The van der Waals surface area contributed by atoms with Crippen LogP contribution >= 0.6 is 11.6 Å². The van der Waals surface area contributed by atoms with Crippen LogP contribution in [-0.4, -0.2) is 10.8 Å². The van der Waals surface area contributed by atoms with E-state index in [4.69, 9.17) is 17.3 Å². The highest BCUT2D eigenvalue weighted by atomic mass is 35.5. The third-order valence-electron chi connectivity index (χ3n) is 3.13. The Bertz CT molecular complexity index is 814. The van der Waals surface area contributed by atoms with E-state index >= 15 is 0 Å². The van der Waals surface area contributed by atoms with E-state index in [1.54, 1.807) is 36.5 Å². The average molecular weight is 283 g/mol. The monoisotopic (exact) mass is 282 g/mol. The molecule has 0 atom stereocenters. The summed E-state index contributed by atoms with van der Waals surface area (Å²) in [4.78, 5) is 16.7. The van der Waals surface area contributed by atoms with E-state index in [9.17, 15) is 4.79 Å². The van der Waals surface area contributed by atoms with Crippen LogP contribution in [0.4, 0.5) is 5.69 Å². The van der Waals surface area contributed by atoms with Gasteiger partial charge in [-0.3, -0.25) is 9.78 Å². The van der Waals surface area contributed by atoms with Crippen molar-refractivity contribution < 1.29 is 4.79 Å². The lowest BCUT2D eigenvalue weighted by Crippen LogP contribution is -2.02. The molecule has 2 aromatic carbocycles. The standard InChI is InChI=1S/C16H11ClN2O/c17-13-6-5-11(8-14(13)18)16(20)12-4-3-10-2-1-7-19-15(10)9-12/h1-9H,18H2. The number of carbonyl (C=O) groups excluding carboxylic acids is 1. The van der Waals surface area contributed by atoms with Crippen LogP contribution in [0, 0.1) is 0 Å². The van der Waals surface area contributed by atoms with Crippen LogP contribution < -0.4 is 5.73 Å². The Labute approximate surface area is 121 Å². The smallest absolute Gasteiger partial charge is 0.193 e. The van der Waals surface area contributed by atoms with Crippen LogP contribution in [0.25, 0.3) is 10.9 Å². The Balaban J connectivity index is 2.05. The Morgan fingerprint density at radius 1 is 1.05 bits per heavy atom. The number of benzene rings is 2. The number of nitrogens with two attached hydrogens (primary N) is 1. The van der Waals surface area contributed by atoms with Crippen molar-refractivity contribution in [2.75, 3.05) is 5.73 Å².